The Labute approximate surface area is 93.8 Å². The zero-order valence-corrected chi connectivity index (χ0v) is 9.27. The highest BCUT2D eigenvalue weighted by atomic mass is 16.5. The van der Waals surface area contributed by atoms with Gasteiger partial charge in [0.25, 0.3) is 5.91 Å². The van der Waals surface area contributed by atoms with E-state index in [4.69, 9.17) is 15.2 Å². The van der Waals surface area contributed by atoms with E-state index in [-0.39, 0.29) is 5.75 Å². The normalized spacial score (nSPS) is 12.1. The van der Waals surface area contributed by atoms with Crippen LogP contribution in [-0.4, -0.2) is 24.7 Å². The molecule has 0 saturated carbocycles. The number of phenolic OH excluding ortho intramolecular Hbond substituents is 1. The van der Waals surface area contributed by atoms with Crippen LogP contribution in [0.25, 0.3) is 0 Å². The van der Waals surface area contributed by atoms with Crippen LogP contribution in [0.15, 0.2) is 18.2 Å². The van der Waals surface area contributed by atoms with Crippen LogP contribution in [0.2, 0.25) is 0 Å². The van der Waals surface area contributed by atoms with Crippen LogP contribution < -0.4 is 10.5 Å². The fourth-order valence-corrected chi connectivity index (χ4v) is 1.38. The van der Waals surface area contributed by atoms with E-state index in [0.717, 1.165) is 0 Å². The minimum Gasteiger partial charge on any atom is -0.504 e. The standard InChI is InChI=1S/C11H15NO4/c1-3-16-10(11(12)14)7-4-5-9(15-2)8(13)6-7/h4-6,10,13H,3H2,1-2H3,(H2,12,14). The number of phenols is 1. The zero-order chi connectivity index (χ0) is 12.1. The third kappa shape index (κ3) is 2.64. The predicted octanol–water partition coefficient (Wildman–Crippen LogP) is 0.964. The van der Waals surface area contributed by atoms with E-state index < -0.39 is 12.0 Å². The number of rotatable bonds is 5. The lowest BCUT2D eigenvalue weighted by Gasteiger charge is -2.14. The van der Waals surface area contributed by atoms with E-state index in [0.29, 0.717) is 17.9 Å². The molecule has 5 nitrogen and oxygen atoms in total. The average Bonchev–Trinajstić information content (AvgIpc) is 2.25. The molecular formula is C11H15NO4. The summed E-state index contributed by atoms with van der Waals surface area (Å²) in [6.07, 6.45) is -0.846. The molecule has 0 spiro atoms. The van der Waals surface area contributed by atoms with Gasteiger partial charge in [0.15, 0.2) is 17.6 Å². The molecule has 0 saturated heterocycles. The van der Waals surface area contributed by atoms with Gasteiger partial charge in [0.1, 0.15) is 0 Å². The smallest absolute Gasteiger partial charge is 0.251 e. The van der Waals surface area contributed by atoms with Gasteiger partial charge >= 0.3 is 0 Å². The molecule has 0 heterocycles. The summed E-state index contributed by atoms with van der Waals surface area (Å²) in [5.74, 6) is -0.305. The molecule has 16 heavy (non-hydrogen) atoms. The molecule has 0 bridgehead atoms. The van der Waals surface area contributed by atoms with Gasteiger partial charge in [0, 0.05) is 6.61 Å². The average molecular weight is 225 g/mol. The Bertz CT molecular complexity index is 378. The number of primary amides is 1. The molecule has 0 aliphatic heterocycles. The molecule has 0 aliphatic rings. The first kappa shape index (κ1) is 12.3. The Kier molecular flexibility index (Phi) is 4.13. The van der Waals surface area contributed by atoms with Gasteiger partial charge in [-0.3, -0.25) is 4.79 Å². The van der Waals surface area contributed by atoms with Crippen molar-refractivity contribution in [1.82, 2.24) is 0 Å². The molecule has 0 aromatic heterocycles. The Balaban J connectivity index is 3.01. The van der Waals surface area contributed by atoms with E-state index in [2.05, 4.69) is 0 Å². The highest BCUT2D eigenvalue weighted by Gasteiger charge is 2.19. The number of methoxy groups -OCH3 is 1. The van der Waals surface area contributed by atoms with Crippen LogP contribution in [0.5, 0.6) is 11.5 Å². The maximum absolute atomic E-state index is 11.1. The van der Waals surface area contributed by atoms with Crippen molar-refractivity contribution in [3.05, 3.63) is 23.8 Å². The number of nitrogens with two attached hydrogens (primary N) is 1. The van der Waals surface area contributed by atoms with Crippen LogP contribution in [-0.2, 0) is 9.53 Å². The number of carbonyl (C=O) groups excluding carboxylic acids is 1. The molecule has 3 N–H and O–H groups in total. The monoisotopic (exact) mass is 225 g/mol. The Morgan fingerprint density at radius 3 is 2.69 bits per heavy atom. The van der Waals surface area contributed by atoms with Gasteiger partial charge in [-0.25, -0.2) is 0 Å². The maximum atomic E-state index is 11.1. The second-order valence-corrected chi connectivity index (χ2v) is 3.17. The number of hydrogen-bond donors (Lipinski definition) is 2. The minimum atomic E-state index is -0.846. The minimum absolute atomic E-state index is 0.0500. The quantitative estimate of drug-likeness (QED) is 0.782. The maximum Gasteiger partial charge on any atom is 0.251 e. The summed E-state index contributed by atoms with van der Waals surface area (Å²) in [6.45, 7) is 2.12. The molecule has 1 rings (SSSR count). The molecule has 1 amide bonds. The van der Waals surface area contributed by atoms with Crippen molar-refractivity contribution in [2.45, 2.75) is 13.0 Å². The third-order valence-corrected chi connectivity index (χ3v) is 2.10. The van der Waals surface area contributed by atoms with E-state index in [1.807, 2.05) is 0 Å². The number of hydrogen-bond acceptors (Lipinski definition) is 4. The second kappa shape index (κ2) is 5.37. The van der Waals surface area contributed by atoms with Crippen LogP contribution in [0.1, 0.15) is 18.6 Å². The van der Waals surface area contributed by atoms with Gasteiger partial charge in [-0.15, -0.1) is 0 Å². The van der Waals surface area contributed by atoms with Crippen molar-refractivity contribution < 1.29 is 19.4 Å². The molecule has 1 atom stereocenters. The number of ether oxygens (including phenoxy) is 2. The summed E-state index contributed by atoms with van der Waals surface area (Å²) >= 11 is 0. The second-order valence-electron chi connectivity index (χ2n) is 3.17. The molecular weight excluding hydrogens is 210 g/mol. The third-order valence-electron chi connectivity index (χ3n) is 2.10. The molecule has 0 fully saturated rings. The summed E-state index contributed by atoms with van der Waals surface area (Å²) in [6, 6.07) is 4.59. The van der Waals surface area contributed by atoms with E-state index >= 15 is 0 Å². The fourth-order valence-electron chi connectivity index (χ4n) is 1.38. The summed E-state index contributed by atoms with van der Waals surface area (Å²) < 4.78 is 10.1. The number of benzene rings is 1. The van der Waals surface area contributed by atoms with Gasteiger partial charge in [0.2, 0.25) is 0 Å². The topological polar surface area (TPSA) is 81.8 Å². The molecule has 5 heteroatoms. The SMILES string of the molecule is CCOC(C(N)=O)c1ccc(OC)c(O)c1. The van der Waals surface area contributed by atoms with Gasteiger partial charge in [-0.05, 0) is 24.6 Å². The molecule has 1 aromatic carbocycles. The highest BCUT2D eigenvalue weighted by Crippen LogP contribution is 2.29. The molecule has 0 aliphatic carbocycles. The van der Waals surface area contributed by atoms with Crippen molar-refractivity contribution in [3.63, 3.8) is 0 Å². The Morgan fingerprint density at radius 2 is 2.25 bits per heavy atom. The Morgan fingerprint density at radius 1 is 1.56 bits per heavy atom. The highest BCUT2D eigenvalue weighted by molar-refractivity contribution is 5.80. The first-order chi connectivity index (χ1) is 7.60. The molecule has 88 valence electrons. The van der Waals surface area contributed by atoms with Crippen molar-refractivity contribution in [3.8, 4) is 11.5 Å². The van der Waals surface area contributed by atoms with Crippen LogP contribution in [0.3, 0.4) is 0 Å². The first-order valence-corrected chi connectivity index (χ1v) is 4.88. The van der Waals surface area contributed by atoms with Crippen molar-refractivity contribution in [2.75, 3.05) is 13.7 Å². The lowest BCUT2D eigenvalue weighted by atomic mass is 10.1. The van der Waals surface area contributed by atoms with Gasteiger partial charge in [-0.1, -0.05) is 6.07 Å². The number of aromatic hydroxyl groups is 1. The van der Waals surface area contributed by atoms with Gasteiger partial charge in [0.05, 0.1) is 7.11 Å². The largest absolute Gasteiger partial charge is 0.504 e. The zero-order valence-electron chi connectivity index (χ0n) is 9.27. The van der Waals surface area contributed by atoms with Crippen LogP contribution >= 0.6 is 0 Å². The summed E-state index contributed by atoms with van der Waals surface area (Å²) in [5.41, 5.74) is 5.71. The molecule has 1 unspecified atom stereocenters. The van der Waals surface area contributed by atoms with Gasteiger partial charge < -0.3 is 20.3 Å². The molecule has 0 radical (unpaired) electrons. The number of carbonyl (C=O) groups is 1. The lowest BCUT2D eigenvalue weighted by molar-refractivity contribution is -0.129. The van der Waals surface area contributed by atoms with E-state index in [1.165, 1.54) is 13.2 Å². The van der Waals surface area contributed by atoms with Crippen molar-refractivity contribution >= 4 is 5.91 Å². The molecule has 1 aromatic rings. The Hall–Kier alpha value is -1.75. The van der Waals surface area contributed by atoms with Crippen LogP contribution in [0, 0.1) is 0 Å². The van der Waals surface area contributed by atoms with Gasteiger partial charge in [-0.2, -0.15) is 0 Å². The van der Waals surface area contributed by atoms with E-state index in [9.17, 15) is 9.90 Å². The van der Waals surface area contributed by atoms with Crippen molar-refractivity contribution in [1.29, 1.82) is 0 Å². The lowest BCUT2D eigenvalue weighted by Crippen LogP contribution is -2.23. The van der Waals surface area contributed by atoms with E-state index in [1.54, 1.807) is 19.1 Å². The summed E-state index contributed by atoms with van der Waals surface area (Å²) in [5, 5.41) is 9.56. The predicted molar refractivity (Wildman–Crippen MR) is 58.2 cm³/mol. The fraction of sp³-hybridized carbons (Fsp3) is 0.364. The van der Waals surface area contributed by atoms with Crippen LogP contribution in [0.4, 0.5) is 0 Å². The number of amides is 1. The van der Waals surface area contributed by atoms with Crippen molar-refractivity contribution in [2.24, 2.45) is 5.73 Å². The summed E-state index contributed by atoms with van der Waals surface area (Å²) in [4.78, 5) is 11.1. The summed E-state index contributed by atoms with van der Waals surface area (Å²) in [7, 11) is 1.45. The first-order valence-electron chi connectivity index (χ1n) is 4.88.